The van der Waals surface area contributed by atoms with Crippen LogP contribution in [-0.4, -0.2) is 35.1 Å². The Balaban J connectivity index is 1.80. The Morgan fingerprint density at radius 2 is 1.95 bits per heavy atom. The van der Waals surface area contributed by atoms with E-state index in [1.165, 1.54) is 5.56 Å². The van der Waals surface area contributed by atoms with Crippen molar-refractivity contribution < 1.29 is 14.7 Å². The second kappa shape index (κ2) is 5.73. The third kappa shape index (κ3) is 3.47. The first-order valence-electron chi connectivity index (χ1n) is 6.45. The van der Waals surface area contributed by atoms with Crippen LogP contribution in [0.2, 0.25) is 0 Å². The van der Waals surface area contributed by atoms with Gasteiger partial charge in [0.15, 0.2) is 0 Å². The number of hydrogen-bond donors (Lipinski definition) is 2. The predicted octanol–water partition coefficient (Wildman–Crippen LogP) is 2.19. The van der Waals surface area contributed by atoms with Gasteiger partial charge in [-0.05, 0) is 24.1 Å². The summed E-state index contributed by atoms with van der Waals surface area (Å²) in [6, 6.07) is 7.57. The van der Waals surface area contributed by atoms with Gasteiger partial charge in [0.1, 0.15) is 0 Å². The zero-order chi connectivity index (χ0) is 13.8. The molecule has 0 aliphatic carbocycles. The molecule has 0 spiro atoms. The number of nitrogens with one attached hydrogen (secondary N) is 1. The molecule has 0 bridgehead atoms. The number of benzene rings is 1. The molecule has 2 rings (SSSR count). The van der Waals surface area contributed by atoms with Crippen LogP contribution in [0.3, 0.4) is 0 Å². The van der Waals surface area contributed by atoms with Crippen LogP contribution in [0.25, 0.3) is 0 Å². The Bertz CT molecular complexity index is 464. The number of aryl methyl sites for hydroxylation is 1. The standard InChI is InChI=1S/C14H18N2O3/c1-2-10-3-5-12(6-4-10)15-14(19)16-8-11(9-16)7-13(17)18/h3-6,11H,2,7-9H2,1H3,(H,15,19)(H,17,18). The van der Waals surface area contributed by atoms with Crippen LogP contribution in [0.1, 0.15) is 18.9 Å². The number of rotatable bonds is 4. The maximum Gasteiger partial charge on any atom is 0.321 e. The molecule has 1 heterocycles. The second-order valence-electron chi connectivity index (χ2n) is 4.85. The minimum atomic E-state index is -0.805. The van der Waals surface area contributed by atoms with Gasteiger partial charge in [-0.3, -0.25) is 4.79 Å². The number of carbonyl (C=O) groups is 2. The molecule has 0 radical (unpaired) electrons. The molecule has 0 unspecified atom stereocenters. The lowest BCUT2D eigenvalue weighted by atomic mass is 9.97. The minimum absolute atomic E-state index is 0.0886. The number of likely N-dealkylation sites (tertiary alicyclic amines) is 1. The van der Waals surface area contributed by atoms with Gasteiger partial charge < -0.3 is 15.3 Å². The number of anilines is 1. The van der Waals surface area contributed by atoms with Crippen molar-refractivity contribution in [1.29, 1.82) is 0 Å². The molecule has 102 valence electrons. The molecule has 0 aromatic heterocycles. The van der Waals surface area contributed by atoms with Crippen LogP contribution < -0.4 is 5.32 Å². The molecule has 0 saturated carbocycles. The van der Waals surface area contributed by atoms with Crippen molar-refractivity contribution in [3.63, 3.8) is 0 Å². The highest BCUT2D eigenvalue weighted by Crippen LogP contribution is 2.20. The van der Waals surface area contributed by atoms with Gasteiger partial charge in [-0.25, -0.2) is 4.79 Å². The monoisotopic (exact) mass is 262 g/mol. The fraction of sp³-hybridized carbons (Fsp3) is 0.429. The summed E-state index contributed by atoms with van der Waals surface area (Å²) in [7, 11) is 0. The Labute approximate surface area is 112 Å². The van der Waals surface area contributed by atoms with Gasteiger partial charge in [-0.15, -0.1) is 0 Å². The highest BCUT2D eigenvalue weighted by Gasteiger charge is 2.31. The second-order valence-corrected chi connectivity index (χ2v) is 4.85. The summed E-state index contributed by atoms with van der Waals surface area (Å²) >= 11 is 0. The Kier molecular flexibility index (Phi) is 4.04. The van der Waals surface area contributed by atoms with Crippen LogP contribution in [0.5, 0.6) is 0 Å². The van der Waals surface area contributed by atoms with Gasteiger partial charge >= 0.3 is 12.0 Å². The van der Waals surface area contributed by atoms with Gasteiger partial charge in [0, 0.05) is 24.7 Å². The Morgan fingerprint density at radius 3 is 2.47 bits per heavy atom. The summed E-state index contributed by atoms with van der Waals surface area (Å²) in [5, 5.41) is 11.4. The van der Waals surface area contributed by atoms with Gasteiger partial charge in [0.2, 0.25) is 0 Å². The number of aliphatic carboxylic acids is 1. The number of hydrogen-bond acceptors (Lipinski definition) is 2. The number of carbonyl (C=O) groups excluding carboxylic acids is 1. The van der Waals surface area contributed by atoms with Gasteiger partial charge in [-0.2, -0.15) is 0 Å². The van der Waals surface area contributed by atoms with Gasteiger partial charge in [0.25, 0.3) is 0 Å². The smallest absolute Gasteiger partial charge is 0.321 e. The van der Waals surface area contributed by atoms with E-state index < -0.39 is 5.97 Å². The third-order valence-corrected chi connectivity index (χ3v) is 3.32. The lowest BCUT2D eigenvalue weighted by Crippen LogP contribution is -2.52. The lowest BCUT2D eigenvalue weighted by molar-refractivity contribution is -0.139. The quantitative estimate of drug-likeness (QED) is 0.873. The summed E-state index contributed by atoms with van der Waals surface area (Å²) < 4.78 is 0. The van der Waals surface area contributed by atoms with Crippen LogP contribution in [-0.2, 0) is 11.2 Å². The summed E-state index contributed by atoms with van der Waals surface area (Å²) in [5.41, 5.74) is 1.99. The fourth-order valence-corrected chi connectivity index (χ4v) is 2.14. The fourth-order valence-electron chi connectivity index (χ4n) is 2.14. The Hall–Kier alpha value is -2.04. The first-order chi connectivity index (χ1) is 9.08. The molecule has 1 fully saturated rings. The van der Waals surface area contributed by atoms with E-state index in [0.717, 1.165) is 12.1 Å². The molecule has 1 aromatic rings. The zero-order valence-corrected chi connectivity index (χ0v) is 10.9. The molecule has 5 nitrogen and oxygen atoms in total. The number of carboxylic acids is 1. The summed E-state index contributed by atoms with van der Waals surface area (Å²) in [6.07, 6.45) is 1.10. The van der Waals surface area contributed by atoms with Crippen LogP contribution in [0.15, 0.2) is 24.3 Å². The number of nitrogens with zero attached hydrogens (tertiary/aromatic N) is 1. The topological polar surface area (TPSA) is 69.6 Å². The molecule has 2 N–H and O–H groups in total. The molecule has 19 heavy (non-hydrogen) atoms. The number of urea groups is 1. The van der Waals surface area contributed by atoms with Crippen molar-refractivity contribution >= 4 is 17.7 Å². The van der Waals surface area contributed by atoms with Crippen molar-refractivity contribution in [3.8, 4) is 0 Å². The van der Waals surface area contributed by atoms with E-state index in [0.29, 0.717) is 13.1 Å². The van der Waals surface area contributed by atoms with Crippen molar-refractivity contribution in [3.05, 3.63) is 29.8 Å². The molecule has 0 atom stereocenters. The first kappa shape index (κ1) is 13.4. The molecule has 1 saturated heterocycles. The maximum atomic E-state index is 11.8. The minimum Gasteiger partial charge on any atom is -0.481 e. The predicted molar refractivity (Wildman–Crippen MR) is 72.2 cm³/mol. The molecule has 2 amide bonds. The van der Waals surface area contributed by atoms with Crippen molar-refractivity contribution in [1.82, 2.24) is 4.90 Å². The normalized spacial score (nSPS) is 14.9. The van der Waals surface area contributed by atoms with Crippen molar-refractivity contribution in [2.24, 2.45) is 5.92 Å². The molecule has 5 heteroatoms. The van der Waals surface area contributed by atoms with E-state index in [1.807, 2.05) is 24.3 Å². The van der Waals surface area contributed by atoms with Crippen LogP contribution in [0, 0.1) is 5.92 Å². The SMILES string of the molecule is CCc1ccc(NC(=O)N2CC(CC(=O)O)C2)cc1. The van der Waals surface area contributed by atoms with E-state index in [9.17, 15) is 9.59 Å². The van der Waals surface area contributed by atoms with Crippen LogP contribution >= 0.6 is 0 Å². The summed E-state index contributed by atoms with van der Waals surface area (Å²) in [4.78, 5) is 24.0. The maximum absolute atomic E-state index is 11.8. The number of carboxylic acid groups (broad SMARTS) is 1. The summed E-state index contributed by atoms with van der Waals surface area (Å²) in [5.74, 6) is -0.717. The highest BCUT2D eigenvalue weighted by molar-refractivity contribution is 5.90. The molecule has 1 aliphatic heterocycles. The van der Waals surface area contributed by atoms with E-state index in [-0.39, 0.29) is 18.4 Å². The summed E-state index contributed by atoms with van der Waals surface area (Å²) in [6.45, 7) is 3.12. The lowest BCUT2D eigenvalue weighted by Gasteiger charge is -2.38. The van der Waals surface area contributed by atoms with E-state index in [2.05, 4.69) is 12.2 Å². The molecule has 1 aliphatic rings. The molecular formula is C14H18N2O3. The Morgan fingerprint density at radius 1 is 1.32 bits per heavy atom. The highest BCUT2D eigenvalue weighted by atomic mass is 16.4. The van der Waals surface area contributed by atoms with Gasteiger partial charge in [0.05, 0.1) is 6.42 Å². The average Bonchev–Trinajstić information content (AvgIpc) is 2.33. The average molecular weight is 262 g/mol. The number of amides is 2. The largest absolute Gasteiger partial charge is 0.481 e. The molecule has 1 aromatic carbocycles. The van der Waals surface area contributed by atoms with E-state index in [4.69, 9.17) is 5.11 Å². The van der Waals surface area contributed by atoms with Crippen LogP contribution in [0.4, 0.5) is 10.5 Å². The van der Waals surface area contributed by atoms with Crippen molar-refractivity contribution in [2.45, 2.75) is 19.8 Å². The first-order valence-corrected chi connectivity index (χ1v) is 6.45. The third-order valence-electron chi connectivity index (χ3n) is 3.32. The zero-order valence-electron chi connectivity index (χ0n) is 10.9. The molecular weight excluding hydrogens is 244 g/mol. The van der Waals surface area contributed by atoms with Crippen molar-refractivity contribution in [2.75, 3.05) is 18.4 Å². The van der Waals surface area contributed by atoms with E-state index >= 15 is 0 Å². The van der Waals surface area contributed by atoms with Gasteiger partial charge in [-0.1, -0.05) is 19.1 Å². The van der Waals surface area contributed by atoms with E-state index in [1.54, 1.807) is 4.90 Å².